The lowest BCUT2D eigenvalue weighted by Gasteiger charge is -2.10. The molecule has 5 nitrogen and oxygen atoms in total. The highest BCUT2D eigenvalue weighted by atomic mass is 35.5. The summed E-state index contributed by atoms with van der Waals surface area (Å²) in [6.45, 7) is 1.57. The third-order valence-electron chi connectivity index (χ3n) is 3.23. The third kappa shape index (κ3) is 6.00. The third-order valence-corrected chi connectivity index (χ3v) is 3.66. The Morgan fingerprint density at radius 3 is 2.46 bits per heavy atom. The largest absolute Gasteiger partial charge is 0.352 e. The van der Waals surface area contributed by atoms with Crippen LogP contribution in [-0.2, 0) is 0 Å². The lowest BCUT2D eigenvalue weighted by atomic mass is 10.2. The molecule has 128 valence electrons. The fourth-order valence-corrected chi connectivity index (χ4v) is 2.60. The number of carbonyl (C=O) groups is 1. The molecular formula is C17H20Cl2N4O. The van der Waals surface area contributed by atoms with Gasteiger partial charge in [-0.25, -0.2) is 4.98 Å². The van der Waals surface area contributed by atoms with Gasteiger partial charge in [0, 0.05) is 28.5 Å². The molecule has 7 heteroatoms. The molecule has 0 saturated heterocycles. The van der Waals surface area contributed by atoms with E-state index in [-0.39, 0.29) is 5.91 Å². The van der Waals surface area contributed by atoms with E-state index in [0.29, 0.717) is 28.0 Å². The molecule has 1 amide bonds. The lowest BCUT2D eigenvalue weighted by molar-refractivity contribution is 0.0952. The second-order valence-corrected chi connectivity index (χ2v) is 6.50. The Balaban J connectivity index is 1.91. The SMILES string of the molecule is CN(C)CCCNC(=O)c1ccc(Nc2cc(Cl)cc(Cl)c2)nc1. The normalized spacial score (nSPS) is 10.7. The van der Waals surface area contributed by atoms with Crippen molar-refractivity contribution in [1.29, 1.82) is 0 Å². The van der Waals surface area contributed by atoms with Crippen LogP contribution in [0.5, 0.6) is 0 Å². The van der Waals surface area contributed by atoms with E-state index in [9.17, 15) is 4.79 Å². The molecule has 2 rings (SSSR count). The van der Waals surface area contributed by atoms with Crippen LogP contribution in [0.1, 0.15) is 16.8 Å². The minimum absolute atomic E-state index is 0.126. The Morgan fingerprint density at radius 1 is 1.17 bits per heavy atom. The number of hydrogen-bond donors (Lipinski definition) is 2. The molecule has 0 fully saturated rings. The number of nitrogens with zero attached hydrogens (tertiary/aromatic N) is 2. The van der Waals surface area contributed by atoms with Gasteiger partial charge in [0.05, 0.1) is 5.56 Å². The Bertz CT molecular complexity index is 669. The first kappa shape index (κ1) is 18.5. The number of anilines is 2. The van der Waals surface area contributed by atoms with Gasteiger partial charge >= 0.3 is 0 Å². The summed E-state index contributed by atoms with van der Waals surface area (Å²) in [4.78, 5) is 18.4. The number of rotatable bonds is 7. The van der Waals surface area contributed by atoms with Crippen LogP contribution in [0.2, 0.25) is 10.0 Å². The predicted octanol–water partition coefficient (Wildman–Crippen LogP) is 3.81. The van der Waals surface area contributed by atoms with Crippen molar-refractivity contribution in [3.63, 3.8) is 0 Å². The summed E-state index contributed by atoms with van der Waals surface area (Å²) in [6.07, 6.45) is 2.44. The summed E-state index contributed by atoms with van der Waals surface area (Å²) in [7, 11) is 4.01. The number of pyridine rings is 1. The molecule has 0 radical (unpaired) electrons. The van der Waals surface area contributed by atoms with E-state index < -0.39 is 0 Å². The van der Waals surface area contributed by atoms with Gasteiger partial charge in [0.15, 0.2) is 0 Å². The maximum absolute atomic E-state index is 12.0. The van der Waals surface area contributed by atoms with Crippen LogP contribution >= 0.6 is 23.2 Å². The van der Waals surface area contributed by atoms with E-state index >= 15 is 0 Å². The van der Waals surface area contributed by atoms with Gasteiger partial charge in [0.25, 0.3) is 5.91 Å². The summed E-state index contributed by atoms with van der Waals surface area (Å²) >= 11 is 11.9. The Kier molecular flexibility index (Phi) is 6.85. The minimum atomic E-state index is -0.126. The quantitative estimate of drug-likeness (QED) is 0.731. The molecular weight excluding hydrogens is 347 g/mol. The van der Waals surface area contributed by atoms with Gasteiger partial charge in [-0.3, -0.25) is 4.79 Å². The second-order valence-electron chi connectivity index (χ2n) is 5.63. The van der Waals surface area contributed by atoms with Gasteiger partial charge in [0.2, 0.25) is 0 Å². The van der Waals surface area contributed by atoms with Crippen molar-refractivity contribution in [2.75, 3.05) is 32.5 Å². The van der Waals surface area contributed by atoms with E-state index in [1.807, 2.05) is 14.1 Å². The van der Waals surface area contributed by atoms with Crippen molar-refractivity contribution in [1.82, 2.24) is 15.2 Å². The number of halogens is 2. The molecule has 2 aromatic rings. The maximum atomic E-state index is 12.0. The van der Waals surface area contributed by atoms with Gasteiger partial charge in [0.1, 0.15) is 5.82 Å². The molecule has 0 bridgehead atoms. The molecule has 0 saturated carbocycles. The molecule has 0 aliphatic carbocycles. The van der Waals surface area contributed by atoms with Gasteiger partial charge in [-0.1, -0.05) is 23.2 Å². The molecule has 24 heavy (non-hydrogen) atoms. The molecule has 1 aromatic heterocycles. The first-order valence-corrected chi connectivity index (χ1v) is 8.32. The number of carbonyl (C=O) groups excluding carboxylic acids is 1. The monoisotopic (exact) mass is 366 g/mol. The van der Waals surface area contributed by atoms with E-state index in [1.165, 1.54) is 6.20 Å². The number of nitrogens with one attached hydrogen (secondary N) is 2. The molecule has 0 spiro atoms. The Morgan fingerprint density at radius 2 is 1.88 bits per heavy atom. The van der Waals surface area contributed by atoms with E-state index in [2.05, 4.69) is 20.5 Å². The average molecular weight is 367 g/mol. The van der Waals surface area contributed by atoms with Crippen LogP contribution in [0.15, 0.2) is 36.5 Å². The van der Waals surface area contributed by atoms with Crippen LogP contribution in [0, 0.1) is 0 Å². The fourth-order valence-electron chi connectivity index (χ4n) is 2.08. The zero-order chi connectivity index (χ0) is 17.5. The second kappa shape index (κ2) is 8.87. The van der Waals surface area contributed by atoms with E-state index in [0.717, 1.165) is 18.7 Å². The average Bonchev–Trinajstić information content (AvgIpc) is 2.51. The molecule has 0 aliphatic heterocycles. The molecule has 1 heterocycles. The zero-order valence-electron chi connectivity index (χ0n) is 13.6. The summed E-state index contributed by atoms with van der Waals surface area (Å²) in [6, 6.07) is 8.62. The highest BCUT2D eigenvalue weighted by molar-refractivity contribution is 6.35. The van der Waals surface area contributed by atoms with Crippen molar-refractivity contribution in [2.24, 2.45) is 0 Å². The summed E-state index contributed by atoms with van der Waals surface area (Å²) < 4.78 is 0. The topological polar surface area (TPSA) is 57.3 Å². The zero-order valence-corrected chi connectivity index (χ0v) is 15.2. The summed E-state index contributed by atoms with van der Waals surface area (Å²) in [5.74, 6) is 0.482. The van der Waals surface area contributed by atoms with Gasteiger partial charge in [-0.2, -0.15) is 0 Å². The lowest BCUT2D eigenvalue weighted by Crippen LogP contribution is -2.27. The molecule has 0 unspecified atom stereocenters. The smallest absolute Gasteiger partial charge is 0.252 e. The number of amides is 1. The molecule has 0 aliphatic rings. The Hall–Kier alpha value is -1.82. The van der Waals surface area contributed by atoms with Crippen LogP contribution in [-0.4, -0.2) is 43.0 Å². The van der Waals surface area contributed by atoms with Crippen molar-refractivity contribution in [3.8, 4) is 0 Å². The number of aromatic nitrogens is 1. The standard InChI is InChI=1S/C17H20Cl2N4O/c1-23(2)7-3-6-20-17(24)12-4-5-16(21-11-12)22-15-9-13(18)8-14(19)10-15/h4-5,8-11H,3,6-7H2,1-2H3,(H,20,24)(H,21,22). The number of hydrogen-bond acceptors (Lipinski definition) is 4. The van der Waals surface area contributed by atoms with E-state index in [4.69, 9.17) is 23.2 Å². The van der Waals surface area contributed by atoms with Crippen LogP contribution < -0.4 is 10.6 Å². The first-order chi connectivity index (χ1) is 11.4. The van der Waals surface area contributed by atoms with Gasteiger partial charge in [-0.05, 0) is 57.4 Å². The van der Waals surface area contributed by atoms with Crippen LogP contribution in [0.25, 0.3) is 0 Å². The van der Waals surface area contributed by atoms with Crippen molar-refractivity contribution >= 4 is 40.6 Å². The maximum Gasteiger partial charge on any atom is 0.252 e. The van der Waals surface area contributed by atoms with Crippen LogP contribution in [0.4, 0.5) is 11.5 Å². The van der Waals surface area contributed by atoms with Gasteiger partial charge in [-0.15, -0.1) is 0 Å². The van der Waals surface area contributed by atoms with Gasteiger partial charge < -0.3 is 15.5 Å². The van der Waals surface area contributed by atoms with Crippen molar-refractivity contribution < 1.29 is 4.79 Å². The Labute approximate surface area is 152 Å². The van der Waals surface area contributed by atoms with Crippen molar-refractivity contribution in [2.45, 2.75) is 6.42 Å². The molecule has 2 N–H and O–H groups in total. The van der Waals surface area contributed by atoms with Crippen LogP contribution in [0.3, 0.4) is 0 Å². The van der Waals surface area contributed by atoms with Crippen molar-refractivity contribution in [3.05, 3.63) is 52.1 Å². The first-order valence-electron chi connectivity index (χ1n) is 7.56. The minimum Gasteiger partial charge on any atom is -0.352 e. The fraction of sp³-hybridized carbons (Fsp3) is 0.294. The highest BCUT2D eigenvalue weighted by Crippen LogP contribution is 2.24. The summed E-state index contributed by atoms with van der Waals surface area (Å²) in [5, 5.41) is 7.06. The molecule has 0 atom stereocenters. The summed E-state index contributed by atoms with van der Waals surface area (Å²) in [5.41, 5.74) is 1.26. The number of benzene rings is 1. The molecule has 1 aromatic carbocycles. The van der Waals surface area contributed by atoms with E-state index in [1.54, 1.807) is 30.3 Å². The highest BCUT2D eigenvalue weighted by Gasteiger charge is 2.06. The predicted molar refractivity (Wildman–Crippen MR) is 99.5 cm³/mol.